The van der Waals surface area contributed by atoms with Crippen molar-refractivity contribution in [2.24, 2.45) is 5.92 Å². The van der Waals surface area contributed by atoms with E-state index in [1.165, 1.54) is 16.4 Å². The van der Waals surface area contributed by atoms with Crippen LogP contribution in [-0.4, -0.2) is 46.4 Å². The molecule has 1 amide bonds. The van der Waals surface area contributed by atoms with Gasteiger partial charge in [0.05, 0.1) is 16.7 Å². The van der Waals surface area contributed by atoms with Crippen molar-refractivity contribution in [2.45, 2.75) is 36.5 Å². The highest BCUT2D eigenvalue weighted by atomic mass is 79.9. The lowest BCUT2D eigenvalue weighted by atomic mass is 9.96. The van der Waals surface area contributed by atoms with Crippen LogP contribution < -0.4 is 5.32 Å². The Balaban J connectivity index is 1.54. The molecule has 32 heavy (non-hydrogen) atoms. The SMILES string of the molecule is C[C@H](NC(=O)C1CCN(S(=O)(=O)Cc2cccc(Br)c2)CC1)c1ccc(S(C)(=O)=O)cc1. The molecule has 0 radical (unpaired) electrons. The number of nitrogens with one attached hydrogen (secondary N) is 1. The summed E-state index contributed by atoms with van der Waals surface area (Å²) in [5, 5.41) is 2.96. The normalized spacial score (nSPS) is 17.1. The van der Waals surface area contributed by atoms with Gasteiger partial charge in [-0.05, 0) is 55.2 Å². The van der Waals surface area contributed by atoms with Gasteiger partial charge in [0.2, 0.25) is 15.9 Å². The summed E-state index contributed by atoms with van der Waals surface area (Å²) >= 11 is 3.36. The summed E-state index contributed by atoms with van der Waals surface area (Å²) < 4.78 is 51.0. The van der Waals surface area contributed by atoms with Crippen molar-refractivity contribution in [1.82, 2.24) is 9.62 Å². The monoisotopic (exact) mass is 542 g/mol. The zero-order valence-corrected chi connectivity index (χ0v) is 21.2. The van der Waals surface area contributed by atoms with E-state index in [-0.39, 0.29) is 28.5 Å². The topological polar surface area (TPSA) is 101 Å². The van der Waals surface area contributed by atoms with Gasteiger partial charge in [0.15, 0.2) is 9.84 Å². The summed E-state index contributed by atoms with van der Waals surface area (Å²) in [5.74, 6) is -0.442. The summed E-state index contributed by atoms with van der Waals surface area (Å²) in [4.78, 5) is 12.9. The highest BCUT2D eigenvalue weighted by Gasteiger charge is 2.31. The van der Waals surface area contributed by atoms with E-state index in [0.29, 0.717) is 25.9 Å². The average Bonchev–Trinajstić information content (AvgIpc) is 2.73. The van der Waals surface area contributed by atoms with Crippen LogP contribution in [0, 0.1) is 5.92 Å². The summed E-state index contributed by atoms with van der Waals surface area (Å²) in [6.07, 6.45) is 2.07. The third kappa shape index (κ3) is 6.40. The lowest BCUT2D eigenvalue weighted by Crippen LogP contribution is -2.43. The van der Waals surface area contributed by atoms with Crippen LogP contribution in [0.5, 0.6) is 0 Å². The molecule has 10 heteroatoms. The molecule has 174 valence electrons. The molecule has 0 saturated carbocycles. The van der Waals surface area contributed by atoms with Crippen molar-refractivity contribution in [3.05, 3.63) is 64.1 Å². The molecule has 1 aliphatic rings. The number of piperidine rings is 1. The molecule has 1 atom stereocenters. The summed E-state index contributed by atoms with van der Waals surface area (Å²) in [7, 11) is -6.72. The average molecular weight is 544 g/mol. The van der Waals surface area contributed by atoms with E-state index in [0.717, 1.165) is 21.9 Å². The van der Waals surface area contributed by atoms with Crippen LogP contribution in [0.25, 0.3) is 0 Å². The Hall–Kier alpha value is -1.75. The molecule has 1 fully saturated rings. The van der Waals surface area contributed by atoms with Crippen molar-refractivity contribution in [2.75, 3.05) is 19.3 Å². The maximum Gasteiger partial charge on any atom is 0.223 e. The van der Waals surface area contributed by atoms with E-state index in [9.17, 15) is 21.6 Å². The predicted molar refractivity (Wildman–Crippen MR) is 127 cm³/mol. The first kappa shape index (κ1) is 24.9. The quantitative estimate of drug-likeness (QED) is 0.578. The van der Waals surface area contributed by atoms with Gasteiger partial charge in [0.1, 0.15) is 0 Å². The lowest BCUT2D eigenvalue weighted by Gasteiger charge is -2.31. The number of carbonyl (C=O) groups is 1. The maximum atomic E-state index is 12.8. The Morgan fingerprint density at radius 3 is 2.28 bits per heavy atom. The van der Waals surface area contributed by atoms with E-state index in [1.54, 1.807) is 30.3 Å². The number of benzene rings is 2. The number of halogens is 1. The Morgan fingerprint density at radius 1 is 1.09 bits per heavy atom. The highest BCUT2D eigenvalue weighted by Crippen LogP contribution is 2.24. The molecule has 0 aromatic heterocycles. The Kier molecular flexibility index (Phi) is 7.80. The Bertz CT molecular complexity index is 1170. The van der Waals surface area contributed by atoms with Crippen LogP contribution in [-0.2, 0) is 30.4 Å². The van der Waals surface area contributed by atoms with Crippen LogP contribution in [0.15, 0.2) is 57.9 Å². The summed E-state index contributed by atoms with van der Waals surface area (Å²) in [6, 6.07) is 13.4. The Labute approximate surface area is 198 Å². The zero-order valence-electron chi connectivity index (χ0n) is 18.0. The fourth-order valence-electron chi connectivity index (χ4n) is 3.74. The van der Waals surface area contributed by atoms with Gasteiger partial charge in [-0.3, -0.25) is 4.79 Å². The molecule has 0 spiro atoms. The molecule has 2 aromatic carbocycles. The summed E-state index contributed by atoms with van der Waals surface area (Å²) in [5.41, 5.74) is 1.52. The Morgan fingerprint density at radius 2 is 1.72 bits per heavy atom. The van der Waals surface area contributed by atoms with Gasteiger partial charge in [0.25, 0.3) is 0 Å². The van der Waals surface area contributed by atoms with Crippen molar-refractivity contribution in [3.8, 4) is 0 Å². The van der Waals surface area contributed by atoms with Crippen molar-refractivity contribution in [1.29, 1.82) is 0 Å². The number of carbonyl (C=O) groups excluding carboxylic acids is 1. The van der Waals surface area contributed by atoms with E-state index in [4.69, 9.17) is 0 Å². The second kappa shape index (κ2) is 10.0. The van der Waals surface area contributed by atoms with Crippen molar-refractivity contribution in [3.63, 3.8) is 0 Å². The molecule has 1 aliphatic heterocycles. The fourth-order valence-corrected chi connectivity index (χ4v) is 6.37. The number of nitrogens with zero attached hydrogens (tertiary/aromatic N) is 1. The van der Waals surface area contributed by atoms with E-state index < -0.39 is 19.9 Å². The minimum Gasteiger partial charge on any atom is -0.349 e. The van der Waals surface area contributed by atoms with E-state index in [1.807, 2.05) is 13.0 Å². The first-order valence-corrected chi connectivity index (χ1v) is 14.6. The number of sulfone groups is 1. The smallest absolute Gasteiger partial charge is 0.223 e. The molecule has 1 saturated heterocycles. The van der Waals surface area contributed by atoms with Gasteiger partial charge in [-0.1, -0.05) is 40.2 Å². The number of amides is 1. The maximum absolute atomic E-state index is 12.8. The standard InChI is InChI=1S/C22H27BrN2O5S2/c1-16(18-6-8-21(9-7-18)31(2,27)28)24-22(26)19-10-12-25(13-11-19)32(29,30)15-17-4-3-5-20(23)14-17/h3-9,14,16,19H,10-13,15H2,1-2H3,(H,24,26)/t16-/m0/s1. The fraction of sp³-hybridized carbons (Fsp3) is 0.409. The zero-order chi connectivity index (χ0) is 23.5. The molecule has 0 unspecified atom stereocenters. The van der Waals surface area contributed by atoms with Crippen LogP contribution in [0.2, 0.25) is 0 Å². The van der Waals surface area contributed by atoms with Gasteiger partial charge in [-0.25, -0.2) is 21.1 Å². The first-order chi connectivity index (χ1) is 15.0. The van der Waals surface area contributed by atoms with Gasteiger partial charge >= 0.3 is 0 Å². The van der Waals surface area contributed by atoms with Gasteiger partial charge in [0, 0.05) is 29.7 Å². The number of rotatable bonds is 7. The first-order valence-electron chi connectivity index (χ1n) is 10.3. The molecular formula is C22H27BrN2O5S2. The number of hydrogen-bond donors (Lipinski definition) is 1. The minimum atomic E-state index is -3.45. The van der Waals surface area contributed by atoms with E-state index in [2.05, 4.69) is 21.2 Å². The molecule has 1 heterocycles. The third-order valence-corrected chi connectivity index (χ3v) is 9.10. The molecule has 2 aromatic rings. The van der Waals surface area contributed by atoms with E-state index >= 15 is 0 Å². The van der Waals surface area contributed by atoms with Crippen LogP contribution in [0.1, 0.15) is 36.9 Å². The second-order valence-electron chi connectivity index (χ2n) is 8.13. The second-order valence-corrected chi connectivity index (χ2v) is 13.0. The number of hydrogen-bond acceptors (Lipinski definition) is 5. The van der Waals surface area contributed by atoms with Crippen LogP contribution in [0.4, 0.5) is 0 Å². The van der Waals surface area contributed by atoms with Crippen molar-refractivity contribution >= 4 is 41.7 Å². The van der Waals surface area contributed by atoms with Crippen LogP contribution in [0.3, 0.4) is 0 Å². The minimum absolute atomic E-state index is 0.0657. The third-order valence-electron chi connectivity index (χ3n) is 5.62. The molecule has 7 nitrogen and oxygen atoms in total. The van der Waals surface area contributed by atoms with Crippen LogP contribution >= 0.6 is 15.9 Å². The molecule has 0 aliphatic carbocycles. The van der Waals surface area contributed by atoms with Gasteiger partial charge in [-0.2, -0.15) is 0 Å². The molecular weight excluding hydrogens is 516 g/mol. The number of sulfonamides is 1. The van der Waals surface area contributed by atoms with Crippen molar-refractivity contribution < 1.29 is 21.6 Å². The summed E-state index contributed by atoms with van der Waals surface area (Å²) in [6.45, 7) is 2.46. The predicted octanol–water partition coefficient (Wildman–Crippen LogP) is 3.27. The lowest BCUT2D eigenvalue weighted by molar-refractivity contribution is -0.126. The van der Waals surface area contributed by atoms with Gasteiger partial charge in [-0.15, -0.1) is 0 Å². The highest BCUT2D eigenvalue weighted by molar-refractivity contribution is 9.10. The largest absolute Gasteiger partial charge is 0.349 e. The molecule has 3 rings (SSSR count). The molecule has 1 N–H and O–H groups in total. The molecule has 0 bridgehead atoms. The van der Waals surface area contributed by atoms with Gasteiger partial charge < -0.3 is 5.32 Å².